The number of amides is 1. The molecule has 1 N–H and O–H groups in total. The van der Waals surface area contributed by atoms with Crippen molar-refractivity contribution in [1.82, 2.24) is 9.78 Å². The minimum atomic E-state index is -0.140. The lowest BCUT2D eigenvalue weighted by Gasteiger charge is -2.08. The third-order valence-corrected chi connectivity index (χ3v) is 5.06. The van der Waals surface area contributed by atoms with Crippen LogP contribution in [0.25, 0.3) is 16.8 Å². The molecule has 0 aliphatic heterocycles. The van der Waals surface area contributed by atoms with Crippen molar-refractivity contribution in [3.8, 4) is 16.8 Å². The molecule has 4 aromatic rings. The maximum Gasteiger partial charge on any atom is 0.255 e. The summed E-state index contributed by atoms with van der Waals surface area (Å²) in [6, 6.07) is 25.9. The normalized spacial score (nSPS) is 10.7. The highest BCUT2D eigenvalue weighted by molar-refractivity contribution is 6.05. The summed E-state index contributed by atoms with van der Waals surface area (Å²) in [6.07, 6.45) is 0. The summed E-state index contributed by atoms with van der Waals surface area (Å²) in [5.74, 6) is -0.140. The lowest BCUT2D eigenvalue weighted by atomic mass is 10.0. The second-order valence-electron chi connectivity index (χ2n) is 7.19. The molecule has 0 radical (unpaired) electrons. The Bertz CT molecular complexity index is 1140. The maximum absolute atomic E-state index is 12.8. The van der Waals surface area contributed by atoms with Gasteiger partial charge in [-0.1, -0.05) is 60.2 Å². The van der Waals surface area contributed by atoms with E-state index in [1.165, 1.54) is 5.56 Å². The van der Waals surface area contributed by atoms with Crippen LogP contribution in [0.4, 0.5) is 5.69 Å². The van der Waals surface area contributed by atoms with Crippen LogP contribution < -0.4 is 5.32 Å². The Morgan fingerprint density at radius 2 is 1.41 bits per heavy atom. The summed E-state index contributed by atoms with van der Waals surface area (Å²) in [5, 5.41) is 7.65. The molecule has 0 unspecified atom stereocenters. The molecule has 144 valence electrons. The molecule has 0 fully saturated rings. The minimum Gasteiger partial charge on any atom is -0.319 e. The molecule has 1 heterocycles. The summed E-state index contributed by atoms with van der Waals surface area (Å²) in [6.45, 7) is 5.93. The molecule has 1 aromatic heterocycles. The second kappa shape index (κ2) is 7.76. The Hall–Kier alpha value is -3.66. The lowest BCUT2D eigenvalue weighted by Crippen LogP contribution is -2.13. The van der Waals surface area contributed by atoms with Crippen molar-refractivity contribution in [2.24, 2.45) is 0 Å². The molecule has 0 saturated carbocycles. The Morgan fingerprint density at radius 1 is 0.793 bits per heavy atom. The predicted molar refractivity (Wildman–Crippen MR) is 118 cm³/mol. The van der Waals surface area contributed by atoms with E-state index in [9.17, 15) is 4.79 Å². The minimum absolute atomic E-state index is 0.140. The van der Waals surface area contributed by atoms with Crippen molar-refractivity contribution < 1.29 is 4.79 Å². The molecule has 0 bridgehead atoms. The van der Waals surface area contributed by atoms with Crippen LogP contribution in [0.3, 0.4) is 0 Å². The average molecular weight is 381 g/mol. The molecule has 0 spiro atoms. The van der Waals surface area contributed by atoms with Crippen molar-refractivity contribution in [1.29, 1.82) is 0 Å². The van der Waals surface area contributed by atoms with Crippen LogP contribution in [-0.2, 0) is 0 Å². The maximum atomic E-state index is 12.8. The summed E-state index contributed by atoms with van der Waals surface area (Å²) in [4.78, 5) is 12.8. The molecule has 0 atom stereocenters. The average Bonchev–Trinajstić information content (AvgIpc) is 3.03. The van der Waals surface area contributed by atoms with Gasteiger partial charge in [-0.15, -0.1) is 0 Å². The van der Waals surface area contributed by atoms with E-state index >= 15 is 0 Å². The molecule has 4 nitrogen and oxygen atoms in total. The fourth-order valence-electron chi connectivity index (χ4n) is 3.39. The third kappa shape index (κ3) is 3.83. The van der Waals surface area contributed by atoms with Crippen LogP contribution in [0, 0.1) is 20.8 Å². The highest BCUT2D eigenvalue weighted by Crippen LogP contribution is 2.24. The highest BCUT2D eigenvalue weighted by atomic mass is 16.1. The smallest absolute Gasteiger partial charge is 0.255 e. The quantitative estimate of drug-likeness (QED) is 0.492. The van der Waals surface area contributed by atoms with Crippen molar-refractivity contribution in [2.75, 3.05) is 5.32 Å². The largest absolute Gasteiger partial charge is 0.319 e. The van der Waals surface area contributed by atoms with Crippen LogP contribution in [0.15, 0.2) is 78.9 Å². The van der Waals surface area contributed by atoms with Gasteiger partial charge in [-0.2, -0.15) is 5.10 Å². The van der Waals surface area contributed by atoms with Gasteiger partial charge in [0.25, 0.3) is 5.91 Å². The molecule has 1 amide bonds. The van der Waals surface area contributed by atoms with Gasteiger partial charge in [0.15, 0.2) is 0 Å². The van der Waals surface area contributed by atoms with E-state index in [-0.39, 0.29) is 5.91 Å². The predicted octanol–water partition coefficient (Wildman–Crippen LogP) is 5.72. The fourth-order valence-corrected chi connectivity index (χ4v) is 3.39. The number of nitrogens with one attached hydrogen (secondary N) is 1. The van der Waals surface area contributed by atoms with Crippen molar-refractivity contribution >= 4 is 11.6 Å². The number of carbonyl (C=O) groups excluding carboxylic acids is 1. The van der Waals surface area contributed by atoms with Crippen LogP contribution in [0.2, 0.25) is 0 Å². The molecular weight excluding hydrogens is 358 g/mol. The van der Waals surface area contributed by atoms with Crippen molar-refractivity contribution in [2.45, 2.75) is 20.8 Å². The first-order valence-corrected chi connectivity index (χ1v) is 9.63. The van der Waals surface area contributed by atoms with E-state index in [0.717, 1.165) is 33.9 Å². The first-order chi connectivity index (χ1) is 14.0. The Labute approximate surface area is 170 Å². The van der Waals surface area contributed by atoms with Gasteiger partial charge in [0.1, 0.15) is 0 Å². The number of nitrogens with zero attached hydrogens (tertiary/aromatic N) is 2. The number of aryl methyl sites for hydroxylation is 2. The Kier molecular flexibility index (Phi) is 5.00. The fraction of sp³-hybridized carbons (Fsp3) is 0.120. The monoisotopic (exact) mass is 381 g/mol. The van der Waals surface area contributed by atoms with Crippen LogP contribution in [0.5, 0.6) is 0 Å². The molecule has 0 aliphatic rings. The molecule has 4 heteroatoms. The number of hydrogen-bond acceptors (Lipinski definition) is 2. The summed E-state index contributed by atoms with van der Waals surface area (Å²) in [7, 11) is 0. The third-order valence-electron chi connectivity index (χ3n) is 5.06. The van der Waals surface area contributed by atoms with Gasteiger partial charge in [0.2, 0.25) is 0 Å². The standard InChI is InChI=1S/C25H23N3O/c1-17-9-15-23(16-10-17)28-19(3)24(18(2)27-28)26-25(29)22-13-11-21(12-14-22)20-7-5-4-6-8-20/h4-16H,1-3H3,(H,26,29). The van der Waals surface area contributed by atoms with Crippen LogP contribution in [-0.4, -0.2) is 15.7 Å². The number of anilines is 1. The van der Waals surface area contributed by atoms with Crippen molar-refractivity contribution in [3.63, 3.8) is 0 Å². The SMILES string of the molecule is Cc1ccc(-n2nc(C)c(NC(=O)c3ccc(-c4ccccc4)cc3)c2C)cc1. The number of aromatic nitrogens is 2. The van der Waals surface area contributed by atoms with Crippen LogP contribution >= 0.6 is 0 Å². The number of carbonyl (C=O) groups is 1. The van der Waals surface area contributed by atoms with E-state index in [4.69, 9.17) is 0 Å². The molecule has 0 aliphatic carbocycles. The molecule has 4 rings (SSSR count). The topological polar surface area (TPSA) is 46.9 Å². The Morgan fingerprint density at radius 3 is 2.07 bits per heavy atom. The van der Waals surface area contributed by atoms with Crippen LogP contribution in [0.1, 0.15) is 27.3 Å². The van der Waals surface area contributed by atoms with Gasteiger partial charge >= 0.3 is 0 Å². The Balaban J connectivity index is 1.56. The second-order valence-corrected chi connectivity index (χ2v) is 7.19. The zero-order valence-electron chi connectivity index (χ0n) is 16.8. The van der Waals surface area contributed by atoms with E-state index in [2.05, 4.69) is 41.6 Å². The summed E-state index contributed by atoms with van der Waals surface area (Å²) < 4.78 is 1.86. The number of benzene rings is 3. The molecule has 29 heavy (non-hydrogen) atoms. The van der Waals surface area contributed by atoms with Gasteiger partial charge in [-0.05, 0) is 56.2 Å². The first-order valence-electron chi connectivity index (χ1n) is 9.63. The van der Waals surface area contributed by atoms with Gasteiger partial charge < -0.3 is 5.32 Å². The molecule has 0 saturated heterocycles. The number of rotatable bonds is 4. The van der Waals surface area contributed by atoms with Gasteiger partial charge in [0.05, 0.1) is 22.8 Å². The first kappa shape index (κ1) is 18.7. The zero-order valence-corrected chi connectivity index (χ0v) is 16.8. The van der Waals surface area contributed by atoms with Gasteiger partial charge in [-0.25, -0.2) is 4.68 Å². The molecule has 3 aromatic carbocycles. The molecular formula is C25H23N3O. The van der Waals surface area contributed by atoms with Gasteiger partial charge in [-0.3, -0.25) is 4.79 Å². The summed E-state index contributed by atoms with van der Waals surface area (Å²) in [5.41, 5.74) is 7.45. The van der Waals surface area contributed by atoms with Crippen molar-refractivity contribution in [3.05, 3.63) is 101 Å². The number of hydrogen-bond donors (Lipinski definition) is 1. The van der Waals surface area contributed by atoms with E-state index in [0.29, 0.717) is 5.56 Å². The van der Waals surface area contributed by atoms with E-state index in [1.807, 2.05) is 73.1 Å². The van der Waals surface area contributed by atoms with E-state index < -0.39 is 0 Å². The highest BCUT2D eigenvalue weighted by Gasteiger charge is 2.16. The van der Waals surface area contributed by atoms with E-state index in [1.54, 1.807) is 0 Å². The lowest BCUT2D eigenvalue weighted by molar-refractivity contribution is 0.102. The zero-order chi connectivity index (χ0) is 20.4. The summed E-state index contributed by atoms with van der Waals surface area (Å²) >= 11 is 0. The van der Waals surface area contributed by atoms with Gasteiger partial charge in [0, 0.05) is 5.56 Å².